The van der Waals surface area contributed by atoms with Gasteiger partial charge in [-0.25, -0.2) is 0 Å². The molecule has 1 fully saturated rings. The predicted octanol–water partition coefficient (Wildman–Crippen LogP) is 1.01. The number of anilines is 1. The number of hydrogen-bond donors (Lipinski definition) is 1. The monoisotopic (exact) mass is 199 g/mol. The van der Waals surface area contributed by atoms with Crippen molar-refractivity contribution in [2.24, 2.45) is 7.05 Å². The Kier molecular flexibility index (Phi) is 2.00. The summed E-state index contributed by atoms with van der Waals surface area (Å²) in [6, 6.07) is 1.99. The van der Waals surface area contributed by atoms with Crippen LogP contribution >= 0.6 is 11.6 Å². The van der Waals surface area contributed by atoms with Gasteiger partial charge in [-0.15, -0.1) is 0 Å². The lowest BCUT2D eigenvalue weighted by Gasteiger charge is -2.08. The van der Waals surface area contributed by atoms with E-state index in [1.165, 1.54) is 6.07 Å². The van der Waals surface area contributed by atoms with Gasteiger partial charge in [0.15, 0.2) is 5.15 Å². The second-order valence-electron chi connectivity index (χ2n) is 3.23. The number of hydrogen-bond acceptors (Lipinski definition) is 3. The standard InChI is InChI=1S/C8H10ClN3O/c1-12-7(10-5-2-3-5)4-6(13)8(9)11-12/h4-5,10H,2-3H2,1H3. The lowest BCUT2D eigenvalue weighted by molar-refractivity contribution is 0.737. The highest BCUT2D eigenvalue weighted by Crippen LogP contribution is 2.23. The summed E-state index contributed by atoms with van der Waals surface area (Å²) in [5.41, 5.74) is -0.233. The van der Waals surface area contributed by atoms with E-state index in [4.69, 9.17) is 11.6 Å². The molecule has 0 aromatic carbocycles. The minimum absolute atomic E-state index is 0.0175. The average Bonchev–Trinajstić information content (AvgIpc) is 2.84. The average molecular weight is 200 g/mol. The van der Waals surface area contributed by atoms with Crippen LogP contribution in [0.2, 0.25) is 5.15 Å². The number of rotatable bonds is 2. The van der Waals surface area contributed by atoms with Gasteiger partial charge in [-0.3, -0.25) is 9.48 Å². The summed E-state index contributed by atoms with van der Waals surface area (Å²) in [6.45, 7) is 0. The molecule has 1 aromatic heterocycles. The highest BCUT2D eigenvalue weighted by molar-refractivity contribution is 6.29. The molecule has 1 aromatic rings. The summed E-state index contributed by atoms with van der Waals surface area (Å²) in [4.78, 5) is 11.1. The molecule has 0 aliphatic heterocycles. The van der Waals surface area contributed by atoms with Gasteiger partial charge < -0.3 is 5.32 Å². The van der Waals surface area contributed by atoms with Crippen LogP contribution in [0.25, 0.3) is 0 Å². The molecule has 1 saturated carbocycles. The van der Waals surface area contributed by atoms with Crippen molar-refractivity contribution in [3.63, 3.8) is 0 Å². The van der Waals surface area contributed by atoms with Gasteiger partial charge in [0, 0.05) is 19.2 Å². The zero-order valence-corrected chi connectivity index (χ0v) is 8.01. The Bertz CT molecular complexity index is 383. The maximum absolute atomic E-state index is 11.1. The first-order valence-electron chi connectivity index (χ1n) is 4.17. The van der Waals surface area contributed by atoms with E-state index in [0.29, 0.717) is 6.04 Å². The van der Waals surface area contributed by atoms with Crippen molar-refractivity contribution in [2.75, 3.05) is 5.32 Å². The summed E-state index contributed by atoms with van der Waals surface area (Å²) >= 11 is 5.57. The molecule has 0 atom stereocenters. The van der Waals surface area contributed by atoms with Crippen molar-refractivity contribution < 1.29 is 0 Å². The van der Waals surface area contributed by atoms with E-state index < -0.39 is 0 Å². The summed E-state index contributed by atoms with van der Waals surface area (Å²) < 4.78 is 1.59. The van der Waals surface area contributed by atoms with Crippen LogP contribution < -0.4 is 10.7 Å². The van der Waals surface area contributed by atoms with E-state index in [1.54, 1.807) is 11.7 Å². The Hall–Kier alpha value is -1.03. The van der Waals surface area contributed by atoms with Gasteiger partial charge in [-0.05, 0) is 12.8 Å². The fourth-order valence-corrected chi connectivity index (χ4v) is 1.25. The van der Waals surface area contributed by atoms with Crippen LogP contribution in [0.5, 0.6) is 0 Å². The zero-order chi connectivity index (χ0) is 9.42. The first-order chi connectivity index (χ1) is 6.16. The smallest absolute Gasteiger partial charge is 0.221 e. The first-order valence-corrected chi connectivity index (χ1v) is 4.55. The van der Waals surface area contributed by atoms with E-state index >= 15 is 0 Å². The fourth-order valence-electron chi connectivity index (χ4n) is 1.08. The van der Waals surface area contributed by atoms with Gasteiger partial charge in [0.1, 0.15) is 5.82 Å². The van der Waals surface area contributed by atoms with Crippen LogP contribution in [0.15, 0.2) is 10.9 Å². The molecule has 0 bridgehead atoms. The van der Waals surface area contributed by atoms with E-state index in [9.17, 15) is 4.79 Å². The Morgan fingerprint density at radius 3 is 3.00 bits per heavy atom. The van der Waals surface area contributed by atoms with E-state index in [-0.39, 0.29) is 10.6 Å². The van der Waals surface area contributed by atoms with Gasteiger partial charge in [-0.1, -0.05) is 11.6 Å². The van der Waals surface area contributed by atoms with Crippen molar-refractivity contribution in [1.82, 2.24) is 9.78 Å². The molecule has 1 aliphatic carbocycles. The molecule has 2 rings (SSSR count). The molecular weight excluding hydrogens is 190 g/mol. The molecule has 0 saturated heterocycles. The van der Waals surface area contributed by atoms with Crippen molar-refractivity contribution >= 4 is 17.4 Å². The molecule has 1 aliphatic rings. The molecule has 0 radical (unpaired) electrons. The molecular formula is C8H10ClN3O. The number of nitrogens with zero attached hydrogens (tertiary/aromatic N) is 2. The third kappa shape index (κ3) is 1.83. The maximum atomic E-state index is 11.1. The maximum Gasteiger partial charge on any atom is 0.221 e. The van der Waals surface area contributed by atoms with Crippen LogP contribution in [0.3, 0.4) is 0 Å². The van der Waals surface area contributed by atoms with E-state index in [0.717, 1.165) is 18.7 Å². The number of aromatic nitrogens is 2. The van der Waals surface area contributed by atoms with Gasteiger partial charge in [0.05, 0.1) is 0 Å². The van der Waals surface area contributed by atoms with Crippen molar-refractivity contribution in [3.05, 3.63) is 21.4 Å². The molecule has 0 spiro atoms. The molecule has 0 unspecified atom stereocenters. The second-order valence-corrected chi connectivity index (χ2v) is 3.58. The molecule has 4 nitrogen and oxygen atoms in total. The lowest BCUT2D eigenvalue weighted by Crippen LogP contribution is -2.16. The zero-order valence-electron chi connectivity index (χ0n) is 7.25. The van der Waals surface area contributed by atoms with Gasteiger partial charge >= 0.3 is 0 Å². The van der Waals surface area contributed by atoms with Crippen LogP contribution in [-0.4, -0.2) is 15.8 Å². The van der Waals surface area contributed by atoms with E-state index in [1.807, 2.05) is 0 Å². The Morgan fingerprint density at radius 1 is 1.69 bits per heavy atom. The minimum atomic E-state index is -0.233. The van der Waals surface area contributed by atoms with Gasteiger partial charge in [0.25, 0.3) is 0 Å². The van der Waals surface area contributed by atoms with Crippen LogP contribution in [0.4, 0.5) is 5.82 Å². The van der Waals surface area contributed by atoms with E-state index in [2.05, 4.69) is 10.4 Å². The molecule has 1 heterocycles. The van der Waals surface area contributed by atoms with Crippen LogP contribution in [0, 0.1) is 0 Å². The predicted molar refractivity (Wildman–Crippen MR) is 51.1 cm³/mol. The number of aryl methyl sites for hydroxylation is 1. The summed E-state index contributed by atoms with van der Waals surface area (Å²) in [6.07, 6.45) is 2.33. The third-order valence-electron chi connectivity index (χ3n) is 1.99. The van der Waals surface area contributed by atoms with Crippen molar-refractivity contribution in [1.29, 1.82) is 0 Å². The van der Waals surface area contributed by atoms with Gasteiger partial charge in [0.2, 0.25) is 5.43 Å². The van der Waals surface area contributed by atoms with Crippen LogP contribution in [-0.2, 0) is 7.05 Å². The van der Waals surface area contributed by atoms with Crippen LogP contribution in [0.1, 0.15) is 12.8 Å². The SMILES string of the molecule is Cn1nc(Cl)c(=O)cc1NC1CC1. The molecule has 1 N–H and O–H groups in total. The second kappa shape index (κ2) is 3.03. The highest BCUT2D eigenvalue weighted by atomic mass is 35.5. The lowest BCUT2D eigenvalue weighted by atomic mass is 10.5. The molecule has 5 heteroatoms. The number of nitrogens with one attached hydrogen (secondary N) is 1. The molecule has 0 amide bonds. The molecule has 13 heavy (non-hydrogen) atoms. The Morgan fingerprint density at radius 2 is 2.38 bits per heavy atom. The van der Waals surface area contributed by atoms with Gasteiger partial charge in [-0.2, -0.15) is 5.10 Å². The number of halogens is 1. The van der Waals surface area contributed by atoms with Crippen molar-refractivity contribution in [2.45, 2.75) is 18.9 Å². The highest BCUT2D eigenvalue weighted by Gasteiger charge is 2.21. The quantitative estimate of drug-likeness (QED) is 0.774. The first kappa shape index (κ1) is 8.56. The summed E-state index contributed by atoms with van der Waals surface area (Å²) in [7, 11) is 1.76. The Balaban J connectivity index is 2.33. The largest absolute Gasteiger partial charge is 0.367 e. The summed E-state index contributed by atoms with van der Waals surface area (Å²) in [5.74, 6) is 0.733. The minimum Gasteiger partial charge on any atom is -0.367 e. The fraction of sp³-hybridized carbons (Fsp3) is 0.500. The topological polar surface area (TPSA) is 46.9 Å². The summed E-state index contributed by atoms with van der Waals surface area (Å²) in [5, 5.41) is 7.07. The molecule has 70 valence electrons. The Labute approximate surface area is 80.5 Å². The third-order valence-corrected chi connectivity index (χ3v) is 2.25. The normalized spacial score (nSPS) is 15.8. The van der Waals surface area contributed by atoms with Crippen molar-refractivity contribution in [3.8, 4) is 0 Å².